The van der Waals surface area contributed by atoms with Crippen molar-refractivity contribution in [2.75, 3.05) is 11.9 Å². The molecule has 31 heavy (non-hydrogen) atoms. The first-order chi connectivity index (χ1) is 15.1. The number of pyridine rings is 1. The number of nitrogens with zero attached hydrogens (tertiary/aromatic N) is 2. The maximum atomic E-state index is 12.8. The predicted molar refractivity (Wildman–Crippen MR) is 125 cm³/mol. The molecule has 0 bridgehead atoms. The van der Waals surface area contributed by atoms with Crippen molar-refractivity contribution in [2.24, 2.45) is 0 Å². The maximum absolute atomic E-state index is 12.8. The lowest BCUT2D eigenvalue weighted by molar-refractivity contribution is 0.0954. The summed E-state index contributed by atoms with van der Waals surface area (Å²) in [5.41, 5.74) is 1.20. The number of aryl methyl sites for hydroxylation is 1. The number of amides is 1. The summed E-state index contributed by atoms with van der Waals surface area (Å²) < 4.78 is 5.39. The summed E-state index contributed by atoms with van der Waals surface area (Å²) in [5.74, 6) is -0.211. The van der Waals surface area contributed by atoms with Gasteiger partial charge in [0.1, 0.15) is 10.2 Å². The van der Waals surface area contributed by atoms with Gasteiger partial charge in [0, 0.05) is 25.5 Å². The van der Waals surface area contributed by atoms with Crippen LogP contribution in [0.3, 0.4) is 0 Å². The molecule has 8 heteroatoms. The third kappa shape index (κ3) is 6.13. The van der Waals surface area contributed by atoms with Crippen molar-refractivity contribution in [3.8, 4) is 0 Å². The van der Waals surface area contributed by atoms with Crippen LogP contribution in [0.5, 0.6) is 0 Å². The van der Waals surface area contributed by atoms with Gasteiger partial charge in [0.25, 0.3) is 11.9 Å². The minimum atomic E-state index is -0.447. The molecule has 0 aliphatic rings. The summed E-state index contributed by atoms with van der Waals surface area (Å²) in [6.07, 6.45) is 11.1. The van der Waals surface area contributed by atoms with E-state index in [1.807, 2.05) is 19.1 Å². The number of unbranched alkanes of at least 4 members (excludes halogenated alkanes) is 5. The molecule has 0 radical (unpaired) electrons. The molecule has 0 spiro atoms. The standard InChI is InChI=1S/C23H30N4O3S/c1-3-5-6-7-8-9-12-25-23-27-21-18(22(29)30-23)17(4-2)19(31-21)20(28)26-15-16-10-13-24-14-11-16/h10-11,13-14H,3-9,12,15H2,1-2H3,(H,25,27)(H,26,28). The second kappa shape index (κ2) is 11.6. The number of carbonyl (C=O) groups is 1. The molecule has 2 N–H and O–H groups in total. The molecule has 0 aliphatic heterocycles. The highest BCUT2D eigenvalue weighted by molar-refractivity contribution is 7.20. The Labute approximate surface area is 186 Å². The van der Waals surface area contributed by atoms with Crippen LogP contribution in [0.1, 0.15) is 73.2 Å². The molecule has 1 amide bonds. The van der Waals surface area contributed by atoms with Crippen molar-refractivity contribution in [3.63, 3.8) is 0 Å². The fraction of sp³-hybridized carbons (Fsp3) is 0.478. The van der Waals surface area contributed by atoms with E-state index in [9.17, 15) is 9.59 Å². The summed E-state index contributed by atoms with van der Waals surface area (Å²) in [6.45, 7) is 5.23. The lowest BCUT2D eigenvalue weighted by atomic mass is 10.1. The summed E-state index contributed by atoms with van der Waals surface area (Å²) in [7, 11) is 0. The van der Waals surface area contributed by atoms with Gasteiger partial charge < -0.3 is 15.1 Å². The molecule has 0 atom stereocenters. The molecule has 0 saturated carbocycles. The van der Waals surface area contributed by atoms with E-state index >= 15 is 0 Å². The number of aromatic nitrogens is 2. The third-order valence-corrected chi connectivity index (χ3v) is 6.28. The fourth-order valence-electron chi connectivity index (χ4n) is 3.46. The van der Waals surface area contributed by atoms with Gasteiger partial charge in [-0.15, -0.1) is 11.3 Å². The second-order valence-electron chi connectivity index (χ2n) is 7.48. The molecule has 0 saturated heterocycles. The highest BCUT2D eigenvalue weighted by atomic mass is 32.1. The molecule has 166 valence electrons. The van der Waals surface area contributed by atoms with E-state index in [1.54, 1.807) is 12.4 Å². The first kappa shape index (κ1) is 22.9. The van der Waals surface area contributed by atoms with E-state index in [0.717, 1.165) is 18.4 Å². The van der Waals surface area contributed by atoms with Crippen LogP contribution in [0.25, 0.3) is 10.2 Å². The van der Waals surface area contributed by atoms with E-state index in [1.165, 1.54) is 37.0 Å². The number of fused-ring (bicyclic) bond motifs is 1. The Morgan fingerprint density at radius 2 is 1.84 bits per heavy atom. The number of anilines is 1. The Balaban J connectivity index is 1.68. The minimum absolute atomic E-state index is 0.211. The molecule has 3 aromatic heterocycles. The van der Waals surface area contributed by atoms with E-state index in [0.29, 0.717) is 40.2 Å². The van der Waals surface area contributed by atoms with Crippen LogP contribution in [0.4, 0.5) is 6.01 Å². The maximum Gasteiger partial charge on any atom is 0.349 e. The van der Waals surface area contributed by atoms with E-state index in [2.05, 4.69) is 27.5 Å². The lowest BCUT2D eigenvalue weighted by Crippen LogP contribution is -2.23. The van der Waals surface area contributed by atoms with Gasteiger partial charge in [-0.05, 0) is 36.1 Å². The molecule has 0 aromatic carbocycles. The molecule has 3 rings (SSSR count). The number of hydrogen-bond acceptors (Lipinski definition) is 7. The predicted octanol–water partition coefficient (Wildman–Crippen LogP) is 4.91. The van der Waals surface area contributed by atoms with Crippen molar-refractivity contribution < 1.29 is 9.21 Å². The Hall–Kier alpha value is -2.74. The van der Waals surface area contributed by atoms with Crippen LogP contribution in [-0.2, 0) is 13.0 Å². The number of carbonyl (C=O) groups excluding carboxylic acids is 1. The van der Waals surface area contributed by atoms with Crippen molar-refractivity contribution in [2.45, 2.75) is 65.3 Å². The Morgan fingerprint density at radius 1 is 1.10 bits per heavy atom. The number of nitrogens with one attached hydrogen (secondary N) is 2. The zero-order valence-electron chi connectivity index (χ0n) is 18.2. The number of rotatable bonds is 12. The number of hydrogen-bond donors (Lipinski definition) is 2. The average molecular weight is 443 g/mol. The van der Waals surface area contributed by atoms with Crippen molar-refractivity contribution >= 4 is 33.5 Å². The Bertz CT molecular complexity index is 1050. The number of thiophene rings is 1. The van der Waals surface area contributed by atoms with Crippen LogP contribution >= 0.6 is 11.3 Å². The second-order valence-corrected chi connectivity index (χ2v) is 8.48. The molecule has 7 nitrogen and oxygen atoms in total. The lowest BCUT2D eigenvalue weighted by Gasteiger charge is -2.05. The monoisotopic (exact) mass is 442 g/mol. The molecule has 3 aromatic rings. The largest absolute Gasteiger partial charge is 0.389 e. The third-order valence-electron chi connectivity index (χ3n) is 5.15. The van der Waals surface area contributed by atoms with Crippen LogP contribution in [0.15, 0.2) is 33.7 Å². The van der Waals surface area contributed by atoms with Crippen LogP contribution in [-0.4, -0.2) is 22.4 Å². The van der Waals surface area contributed by atoms with E-state index in [4.69, 9.17) is 4.42 Å². The van der Waals surface area contributed by atoms with Crippen molar-refractivity contribution in [1.82, 2.24) is 15.3 Å². The molecular formula is C23H30N4O3S. The summed E-state index contributed by atoms with van der Waals surface area (Å²) in [5, 5.41) is 6.44. The molecule has 0 fully saturated rings. The quantitative estimate of drug-likeness (QED) is 0.387. The van der Waals surface area contributed by atoms with E-state index in [-0.39, 0.29) is 11.9 Å². The SMILES string of the molecule is CCCCCCCCNc1nc2sc(C(=O)NCc3ccncc3)c(CC)c2c(=O)o1. The molecule has 0 aliphatic carbocycles. The summed E-state index contributed by atoms with van der Waals surface area (Å²) in [4.78, 5) is 34.9. The smallest absolute Gasteiger partial charge is 0.349 e. The van der Waals surface area contributed by atoms with Gasteiger partial charge in [0.15, 0.2) is 0 Å². The van der Waals surface area contributed by atoms with E-state index < -0.39 is 5.63 Å². The highest BCUT2D eigenvalue weighted by Gasteiger charge is 2.22. The zero-order valence-corrected chi connectivity index (χ0v) is 19.0. The first-order valence-corrected chi connectivity index (χ1v) is 11.8. The fourth-order valence-corrected chi connectivity index (χ4v) is 4.62. The van der Waals surface area contributed by atoms with Gasteiger partial charge in [0.2, 0.25) is 0 Å². The normalized spacial score (nSPS) is 11.0. The average Bonchev–Trinajstić information content (AvgIpc) is 3.17. The Morgan fingerprint density at radius 3 is 2.58 bits per heavy atom. The van der Waals surface area contributed by atoms with Gasteiger partial charge >= 0.3 is 5.63 Å². The first-order valence-electron chi connectivity index (χ1n) is 11.0. The van der Waals surface area contributed by atoms with Crippen LogP contribution < -0.4 is 16.3 Å². The summed E-state index contributed by atoms with van der Waals surface area (Å²) in [6, 6.07) is 3.92. The molecule has 3 heterocycles. The Kier molecular flexibility index (Phi) is 8.58. The highest BCUT2D eigenvalue weighted by Crippen LogP contribution is 2.29. The van der Waals surface area contributed by atoms with Crippen molar-refractivity contribution in [3.05, 3.63) is 51.0 Å². The van der Waals surface area contributed by atoms with Crippen LogP contribution in [0, 0.1) is 0 Å². The van der Waals surface area contributed by atoms with Gasteiger partial charge in [-0.1, -0.05) is 46.0 Å². The molecule has 0 unspecified atom stereocenters. The molecular weight excluding hydrogens is 412 g/mol. The van der Waals surface area contributed by atoms with Crippen molar-refractivity contribution in [1.29, 1.82) is 0 Å². The minimum Gasteiger partial charge on any atom is -0.389 e. The summed E-state index contributed by atoms with van der Waals surface area (Å²) >= 11 is 1.24. The van der Waals surface area contributed by atoms with Gasteiger partial charge in [0.05, 0.1) is 4.88 Å². The van der Waals surface area contributed by atoms with Crippen LogP contribution in [0.2, 0.25) is 0 Å². The van der Waals surface area contributed by atoms with Gasteiger partial charge in [-0.3, -0.25) is 9.78 Å². The topological polar surface area (TPSA) is 97.1 Å². The zero-order chi connectivity index (χ0) is 22.1. The van der Waals surface area contributed by atoms with Gasteiger partial charge in [-0.25, -0.2) is 4.79 Å². The van der Waals surface area contributed by atoms with Gasteiger partial charge in [-0.2, -0.15) is 4.98 Å².